The van der Waals surface area contributed by atoms with E-state index in [1.165, 1.54) is 6.42 Å². The number of hydrogen-bond donors (Lipinski definition) is 1. The fourth-order valence-electron chi connectivity index (χ4n) is 2.40. The van der Waals surface area contributed by atoms with Crippen LogP contribution in [0, 0.1) is 5.92 Å². The molecule has 1 N–H and O–H groups in total. The fourth-order valence-corrected chi connectivity index (χ4v) is 2.40. The normalized spacial score (nSPS) is 33.4. The molecule has 3 heteroatoms. The third kappa shape index (κ3) is 1.12. The number of nitrogens with one attached hydrogen (secondary N) is 1. The molecule has 2 fully saturated rings. The Labute approximate surface area is 73.1 Å². The molecule has 0 spiro atoms. The van der Waals surface area contributed by atoms with Crippen LogP contribution in [0.3, 0.4) is 0 Å². The molecule has 0 aromatic heterocycles. The zero-order valence-electron chi connectivity index (χ0n) is 7.55. The van der Waals surface area contributed by atoms with Crippen molar-refractivity contribution in [2.45, 2.75) is 25.3 Å². The number of hydrogen-bond acceptors (Lipinski definition) is 2. The molecule has 1 aliphatic carbocycles. The first-order chi connectivity index (χ1) is 5.83. The highest BCUT2D eigenvalue weighted by molar-refractivity contribution is 5.82. The molecule has 2 aliphatic rings. The zero-order valence-corrected chi connectivity index (χ0v) is 7.55. The Balaban J connectivity index is 1.94. The molecule has 0 aromatic carbocycles. The smallest absolute Gasteiger partial charge is 0.226 e. The lowest BCUT2D eigenvalue weighted by molar-refractivity contribution is -0.134. The van der Waals surface area contributed by atoms with Gasteiger partial charge >= 0.3 is 0 Å². The molecule has 3 nitrogen and oxygen atoms in total. The van der Waals surface area contributed by atoms with Crippen LogP contribution in [0.4, 0.5) is 0 Å². The molecule has 12 heavy (non-hydrogen) atoms. The number of likely N-dealkylation sites (tertiary alicyclic amines) is 1. The van der Waals surface area contributed by atoms with Crippen molar-refractivity contribution in [3.8, 4) is 0 Å². The maximum absolute atomic E-state index is 11.6. The van der Waals surface area contributed by atoms with Crippen LogP contribution in [-0.4, -0.2) is 37.0 Å². The summed E-state index contributed by atoms with van der Waals surface area (Å²) in [6.45, 7) is 1.82. The van der Waals surface area contributed by atoms with Gasteiger partial charge in [0.15, 0.2) is 0 Å². The first kappa shape index (κ1) is 8.05. The summed E-state index contributed by atoms with van der Waals surface area (Å²) in [5.74, 6) is 0.786. The third-order valence-electron chi connectivity index (χ3n) is 3.08. The maximum atomic E-state index is 11.6. The summed E-state index contributed by atoms with van der Waals surface area (Å²) in [6, 6.07) is 0.579. The molecular weight excluding hydrogens is 152 g/mol. The van der Waals surface area contributed by atoms with Crippen LogP contribution in [0.1, 0.15) is 19.3 Å². The molecule has 1 amide bonds. The lowest BCUT2D eigenvalue weighted by Crippen LogP contribution is -2.40. The predicted molar refractivity (Wildman–Crippen MR) is 46.8 cm³/mol. The van der Waals surface area contributed by atoms with E-state index in [1.54, 1.807) is 0 Å². The van der Waals surface area contributed by atoms with Gasteiger partial charge in [-0.05, 0) is 26.3 Å². The Kier molecular flexibility index (Phi) is 2.05. The molecule has 2 atom stereocenters. The van der Waals surface area contributed by atoms with E-state index in [2.05, 4.69) is 10.2 Å². The molecule has 1 aliphatic heterocycles. The average molecular weight is 168 g/mol. The van der Waals surface area contributed by atoms with Crippen molar-refractivity contribution in [1.82, 2.24) is 10.2 Å². The van der Waals surface area contributed by atoms with Crippen molar-refractivity contribution in [3.05, 3.63) is 0 Å². The van der Waals surface area contributed by atoms with E-state index in [9.17, 15) is 4.79 Å². The van der Waals surface area contributed by atoms with Gasteiger partial charge in [-0.3, -0.25) is 4.79 Å². The number of likely N-dealkylation sites (N-methyl/N-ethyl adjacent to an activating group) is 1. The number of carbonyl (C=O) groups is 1. The fraction of sp³-hybridized carbons (Fsp3) is 0.889. The van der Waals surface area contributed by atoms with Crippen molar-refractivity contribution in [1.29, 1.82) is 0 Å². The van der Waals surface area contributed by atoms with Gasteiger partial charge < -0.3 is 10.2 Å². The summed E-state index contributed by atoms with van der Waals surface area (Å²) in [4.78, 5) is 13.6. The third-order valence-corrected chi connectivity index (χ3v) is 3.08. The van der Waals surface area contributed by atoms with E-state index < -0.39 is 0 Å². The minimum Gasteiger partial charge on any atom is -0.338 e. The number of piperidine rings is 1. The zero-order chi connectivity index (χ0) is 8.55. The van der Waals surface area contributed by atoms with E-state index in [4.69, 9.17) is 0 Å². The number of rotatable bonds is 3. The van der Waals surface area contributed by atoms with Crippen molar-refractivity contribution < 1.29 is 4.79 Å². The minimum atomic E-state index is 0.381. The summed E-state index contributed by atoms with van der Waals surface area (Å²) >= 11 is 0. The Morgan fingerprint density at radius 3 is 3.00 bits per heavy atom. The topological polar surface area (TPSA) is 32.3 Å². The number of nitrogens with zero attached hydrogens (tertiary/aromatic N) is 1. The second-order valence-corrected chi connectivity index (χ2v) is 3.80. The van der Waals surface area contributed by atoms with Crippen LogP contribution in [0.25, 0.3) is 0 Å². The second kappa shape index (κ2) is 3.05. The number of carbonyl (C=O) groups excluding carboxylic acids is 1. The van der Waals surface area contributed by atoms with E-state index in [1.807, 2.05) is 7.05 Å². The molecule has 1 heterocycles. The first-order valence-electron chi connectivity index (χ1n) is 4.78. The van der Waals surface area contributed by atoms with Crippen LogP contribution >= 0.6 is 0 Å². The summed E-state index contributed by atoms with van der Waals surface area (Å²) < 4.78 is 0. The molecule has 0 aromatic rings. The SMILES string of the molecule is CNCCN1C(=O)C2CCC1C2. The van der Waals surface area contributed by atoms with Crippen molar-refractivity contribution >= 4 is 5.91 Å². The molecule has 0 radical (unpaired) electrons. The van der Waals surface area contributed by atoms with E-state index in [-0.39, 0.29) is 0 Å². The van der Waals surface area contributed by atoms with Gasteiger partial charge in [0, 0.05) is 25.0 Å². The molecule has 1 saturated carbocycles. The largest absolute Gasteiger partial charge is 0.338 e. The van der Waals surface area contributed by atoms with Crippen LogP contribution in [-0.2, 0) is 4.79 Å². The lowest BCUT2D eigenvalue weighted by Gasteiger charge is -2.26. The quantitative estimate of drug-likeness (QED) is 0.653. The van der Waals surface area contributed by atoms with Gasteiger partial charge in [0.2, 0.25) is 5.91 Å². The van der Waals surface area contributed by atoms with Gasteiger partial charge in [-0.1, -0.05) is 0 Å². The van der Waals surface area contributed by atoms with Gasteiger partial charge in [0.25, 0.3) is 0 Å². The molecule has 2 rings (SSSR count). The molecule has 2 unspecified atom stereocenters. The average Bonchev–Trinajstić information content (AvgIpc) is 2.62. The molecular formula is C9H16N2O. The Hall–Kier alpha value is -0.570. The Bertz CT molecular complexity index is 193. The Morgan fingerprint density at radius 2 is 2.42 bits per heavy atom. The Morgan fingerprint density at radius 1 is 1.58 bits per heavy atom. The lowest BCUT2D eigenvalue weighted by atomic mass is 10.1. The predicted octanol–water partition coefficient (Wildman–Crippen LogP) is 0.217. The second-order valence-electron chi connectivity index (χ2n) is 3.80. The highest BCUT2D eigenvalue weighted by Gasteiger charge is 2.43. The standard InChI is InChI=1S/C9H16N2O/c1-10-4-5-11-8-3-2-7(6-8)9(11)12/h7-8,10H,2-6H2,1H3. The summed E-state index contributed by atoms with van der Waals surface area (Å²) in [6.07, 6.45) is 3.50. The van der Waals surface area contributed by atoms with Crippen molar-refractivity contribution in [3.63, 3.8) is 0 Å². The maximum Gasteiger partial charge on any atom is 0.226 e. The summed E-state index contributed by atoms with van der Waals surface area (Å²) in [7, 11) is 1.93. The van der Waals surface area contributed by atoms with E-state index in [0.717, 1.165) is 25.9 Å². The van der Waals surface area contributed by atoms with Gasteiger partial charge in [-0.25, -0.2) is 0 Å². The molecule has 1 saturated heterocycles. The van der Waals surface area contributed by atoms with Gasteiger partial charge in [0.05, 0.1) is 0 Å². The van der Waals surface area contributed by atoms with Crippen LogP contribution in [0.2, 0.25) is 0 Å². The van der Waals surface area contributed by atoms with E-state index in [0.29, 0.717) is 17.9 Å². The summed E-state index contributed by atoms with van der Waals surface area (Å²) in [5.41, 5.74) is 0. The molecule has 68 valence electrons. The van der Waals surface area contributed by atoms with Gasteiger partial charge in [-0.2, -0.15) is 0 Å². The van der Waals surface area contributed by atoms with Crippen molar-refractivity contribution in [2.75, 3.05) is 20.1 Å². The van der Waals surface area contributed by atoms with Crippen molar-refractivity contribution in [2.24, 2.45) is 5.92 Å². The highest BCUT2D eigenvalue weighted by atomic mass is 16.2. The van der Waals surface area contributed by atoms with Crippen LogP contribution < -0.4 is 5.32 Å². The number of amides is 1. The molecule has 2 bridgehead atoms. The monoisotopic (exact) mass is 168 g/mol. The van der Waals surface area contributed by atoms with E-state index >= 15 is 0 Å². The summed E-state index contributed by atoms with van der Waals surface area (Å²) in [5, 5.41) is 3.08. The number of fused-ring (bicyclic) bond motifs is 2. The highest BCUT2D eigenvalue weighted by Crippen LogP contribution is 2.37. The van der Waals surface area contributed by atoms with Crippen LogP contribution in [0.15, 0.2) is 0 Å². The van der Waals surface area contributed by atoms with Crippen LogP contribution in [0.5, 0.6) is 0 Å². The van der Waals surface area contributed by atoms with Gasteiger partial charge in [-0.15, -0.1) is 0 Å². The first-order valence-corrected chi connectivity index (χ1v) is 4.78. The van der Waals surface area contributed by atoms with Gasteiger partial charge in [0.1, 0.15) is 0 Å². The minimum absolute atomic E-state index is 0.381.